The zero-order chi connectivity index (χ0) is 30.1. The van der Waals surface area contributed by atoms with Crippen LogP contribution in [0.25, 0.3) is 11.0 Å². The summed E-state index contributed by atoms with van der Waals surface area (Å²) >= 11 is 0. The molecule has 2 aliphatic heterocycles. The van der Waals surface area contributed by atoms with Crippen LogP contribution in [0.3, 0.4) is 0 Å². The maximum atomic E-state index is 15.3. The summed E-state index contributed by atoms with van der Waals surface area (Å²) in [5, 5.41) is 2.71. The largest absolute Gasteiger partial charge is 0.453 e. The highest BCUT2D eigenvalue weighted by Crippen LogP contribution is 2.40. The second-order valence-electron chi connectivity index (χ2n) is 12.8. The van der Waals surface area contributed by atoms with Crippen molar-refractivity contribution in [3.05, 3.63) is 59.2 Å². The number of fused-ring (bicyclic) bond motifs is 1. The van der Waals surface area contributed by atoms with Crippen LogP contribution in [-0.2, 0) is 9.53 Å². The van der Waals surface area contributed by atoms with E-state index in [0.717, 1.165) is 73.2 Å². The molecule has 1 saturated carbocycles. The normalized spacial score (nSPS) is 22.0. The summed E-state index contributed by atoms with van der Waals surface area (Å²) in [6.45, 7) is 5.34. The Hall–Kier alpha value is -3.62. The van der Waals surface area contributed by atoms with Gasteiger partial charge in [-0.05, 0) is 85.8 Å². The molecule has 2 N–H and O–H groups in total. The lowest BCUT2D eigenvalue weighted by atomic mass is 9.84. The molecule has 3 heterocycles. The molecule has 9 heteroatoms. The summed E-state index contributed by atoms with van der Waals surface area (Å²) in [6.07, 6.45) is 8.95. The average Bonchev–Trinajstić information content (AvgIpc) is 3.78. The molecule has 3 aromatic rings. The summed E-state index contributed by atoms with van der Waals surface area (Å²) in [7, 11) is 1.30. The lowest BCUT2D eigenvalue weighted by molar-refractivity contribution is -0.135. The van der Waals surface area contributed by atoms with E-state index < -0.39 is 12.1 Å². The van der Waals surface area contributed by atoms with Gasteiger partial charge in [0.2, 0.25) is 5.91 Å². The standard InChI is InChI=1S/C34H44FN5O3/c1-21(2)31(38-34(42)43-3)33(41)40-18-8-12-30(40)32-36-27-16-13-23(19-28(27)37-32)29-11-7-17-39(29)24-14-15-25(26(35)20-24)22-9-5-4-6-10-22/h13-16,19-22,29-31H,4-12,17-18H2,1-3H3,(H,36,37)(H,38,42)/t29-,30+,31+/m1/s1. The highest BCUT2D eigenvalue weighted by molar-refractivity contribution is 5.86. The monoisotopic (exact) mass is 589 g/mol. The number of rotatable bonds is 7. The van der Waals surface area contributed by atoms with Gasteiger partial charge in [-0.3, -0.25) is 4.79 Å². The van der Waals surface area contributed by atoms with Crippen LogP contribution in [0.2, 0.25) is 0 Å². The van der Waals surface area contributed by atoms with Crippen molar-refractivity contribution in [1.82, 2.24) is 20.2 Å². The first-order valence-electron chi connectivity index (χ1n) is 16.0. The van der Waals surface area contributed by atoms with Crippen LogP contribution in [0, 0.1) is 11.7 Å². The molecule has 8 nitrogen and oxygen atoms in total. The summed E-state index contributed by atoms with van der Waals surface area (Å²) < 4.78 is 20.1. The van der Waals surface area contributed by atoms with E-state index in [1.807, 2.05) is 30.9 Å². The van der Waals surface area contributed by atoms with Crippen LogP contribution in [0.4, 0.5) is 14.9 Å². The molecule has 0 unspecified atom stereocenters. The van der Waals surface area contributed by atoms with E-state index in [9.17, 15) is 9.59 Å². The van der Waals surface area contributed by atoms with Crippen LogP contribution < -0.4 is 10.2 Å². The van der Waals surface area contributed by atoms with Crippen molar-refractivity contribution in [2.45, 2.75) is 95.7 Å². The van der Waals surface area contributed by atoms with Gasteiger partial charge in [0.15, 0.2) is 0 Å². The molecule has 43 heavy (non-hydrogen) atoms. The number of H-pyrrole nitrogens is 1. The van der Waals surface area contributed by atoms with Gasteiger partial charge < -0.3 is 24.8 Å². The van der Waals surface area contributed by atoms with Gasteiger partial charge in [0.05, 0.1) is 30.2 Å². The van der Waals surface area contributed by atoms with Gasteiger partial charge in [-0.25, -0.2) is 14.2 Å². The third-order valence-corrected chi connectivity index (χ3v) is 9.77. The zero-order valence-electron chi connectivity index (χ0n) is 25.6. The van der Waals surface area contributed by atoms with E-state index in [0.29, 0.717) is 12.5 Å². The fourth-order valence-corrected chi connectivity index (χ4v) is 7.47. The smallest absolute Gasteiger partial charge is 0.407 e. The molecule has 3 atom stereocenters. The topological polar surface area (TPSA) is 90.6 Å². The second kappa shape index (κ2) is 12.5. The molecule has 6 rings (SSSR count). The predicted octanol–water partition coefficient (Wildman–Crippen LogP) is 7.14. The molecule has 2 aromatic carbocycles. The molecule has 1 aliphatic carbocycles. The third kappa shape index (κ3) is 5.95. The van der Waals surface area contributed by atoms with Gasteiger partial charge in [0, 0.05) is 18.8 Å². The molecule has 3 aliphatic rings. The molecule has 230 valence electrons. The summed E-state index contributed by atoms with van der Waals surface area (Å²) in [5.74, 6) is 0.841. The molecular formula is C34H44FN5O3. The summed E-state index contributed by atoms with van der Waals surface area (Å²) in [5.41, 5.74) is 4.80. The van der Waals surface area contributed by atoms with Gasteiger partial charge >= 0.3 is 6.09 Å². The Kier molecular flexibility index (Phi) is 8.59. The van der Waals surface area contributed by atoms with Crippen molar-refractivity contribution in [3.8, 4) is 0 Å². The highest BCUT2D eigenvalue weighted by Gasteiger charge is 2.37. The van der Waals surface area contributed by atoms with Crippen LogP contribution in [0.15, 0.2) is 36.4 Å². The first-order valence-corrected chi connectivity index (χ1v) is 16.0. The van der Waals surface area contributed by atoms with Gasteiger partial charge in [0.25, 0.3) is 0 Å². The highest BCUT2D eigenvalue weighted by atomic mass is 19.1. The van der Waals surface area contributed by atoms with E-state index in [-0.39, 0.29) is 29.7 Å². The van der Waals surface area contributed by atoms with Crippen LogP contribution >= 0.6 is 0 Å². The number of halogens is 1. The van der Waals surface area contributed by atoms with Crippen molar-refractivity contribution in [2.75, 3.05) is 25.1 Å². The predicted molar refractivity (Wildman–Crippen MR) is 165 cm³/mol. The number of likely N-dealkylation sites (tertiary alicyclic amines) is 1. The maximum Gasteiger partial charge on any atom is 0.407 e. The molecule has 0 spiro atoms. The minimum absolute atomic E-state index is 0.0686. The molecule has 3 fully saturated rings. The average molecular weight is 590 g/mol. The number of amides is 2. The number of hydrogen-bond acceptors (Lipinski definition) is 5. The Balaban J connectivity index is 1.21. The van der Waals surface area contributed by atoms with Crippen molar-refractivity contribution >= 4 is 28.7 Å². The van der Waals surface area contributed by atoms with E-state index >= 15 is 4.39 Å². The van der Waals surface area contributed by atoms with Crippen LogP contribution in [0.1, 0.15) is 107 Å². The number of carbonyl (C=O) groups is 2. The maximum absolute atomic E-state index is 15.3. The van der Waals surface area contributed by atoms with Crippen molar-refractivity contribution in [1.29, 1.82) is 0 Å². The summed E-state index contributed by atoms with van der Waals surface area (Å²) in [4.78, 5) is 38.1. The Labute approximate surface area is 253 Å². The van der Waals surface area contributed by atoms with Crippen LogP contribution in [0.5, 0.6) is 0 Å². The van der Waals surface area contributed by atoms with Crippen molar-refractivity contribution < 1.29 is 18.7 Å². The number of aromatic amines is 1. The minimum atomic E-state index is -0.668. The third-order valence-electron chi connectivity index (χ3n) is 9.77. The van der Waals surface area contributed by atoms with Crippen LogP contribution in [-0.4, -0.2) is 53.1 Å². The van der Waals surface area contributed by atoms with Crippen molar-refractivity contribution in [2.24, 2.45) is 5.92 Å². The number of benzene rings is 2. The number of ether oxygens (including phenoxy) is 1. The zero-order valence-corrected chi connectivity index (χ0v) is 25.6. The molecule has 0 bridgehead atoms. The Morgan fingerprint density at radius 3 is 2.49 bits per heavy atom. The summed E-state index contributed by atoms with van der Waals surface area (Å²) in [6, 6.07) is 11.6. The first-order chi connectivity index (χ1) is 20.8. The van der Waals surface area contributed by atoms with Crippen molar-refractivity contribution in [3.63, 3.8) is 0 Å². The lowest BCUT2D eigenvalue weighted by Crippen LogP contribution is -2.51. The molecule has 1 aromatic heterocycles. The minimum Gasteiger partial charge on any atom is -0.453 e. The number of nitrogens with one attached hydrogen (secondary N) is 2. The second-order valence-corrected chi connectivity index (χ2v) is 12.8. The van der Waals surface area contributed by atoms with E-state index in [1.165, 1.54) is 31.9 Å². The number of aromatic nitrogens is 2. The molecular weight excluding hydrogens is 545 g/mol. The number of hydrogen-bond donors (Lipinski definition) is 2. The quantitative estimate of drug-likeness (QED) is 0.306. The number of anilines is 1. The lowest BCUT2D eigenvalue weighted by Gasteiger charge is -2.29. The Morgan fingerprint density at radius 2 is 1.74 bits per heavy atom. The van der Waals surface area contributed by atoms with E-state index in [2.05, 4.69) is 33.4 Å². The fraction of sp³-hybridized carbons (Fsp3) is 0.559. The van der Waals surface area contributed by atoms with Gasteiger partial charge in [-0.1, -0.05) is 45.2 Å². The number of methoxy groups -OCH3 is 1. The Morgan fingerprint density at radius 1 is 0.977 bits per heavy atom. The number of carbonyl (C=O) groups excluding carboxylic acids is 2. The van der Waals surface area contributed by atoms with E-state index in [1.54, 1.807) is 6.07 Å². The van der Waals surface area contributed by atoms with Gasteiger partial charge in [-0.2, -0.15) is 0 Å². The molecule has 0 radical (unpaired) electrons. The molecule has 2 saturated heterocycles. The SMILES string of the molecule is COC(=O)N[C@H](C(=O)N1CCC[C@H]1c1nc2ccc([C@H]3CCCN3c3ccc(C4CCCCC4)c(F)c3)cc2[nH]1)C(C)C. The number of nitrogens with zero attached hydrogens (tertiary/aromatic N) is 3. The first kappa shape index (κ1) is 29.5. The Bertz CT molecular complexity index is 1470. The fourth-order valence-electron chi connectivity index (χ4n) is 7.47. The van der Waals surface area contributed by atoms with E-state index in [4.69, 9.17) is 9.72 Å². The number of alkyl carbamates (subject to hydrolysis) is 1. The molecule has 2 amide bonds. The van der Waals surface area contributed by atoms with Gasteiger partial charge in [0.1, 0.15) is 17.7 Å². The van der Waals surface area contributed by atoms with Gasteiger partial charge in [-0.15, -0.1) is 0 Å². The number of imidazole rings is 1.